The summed E-state index contributed by atoms with van der Waals surface area (Å²) in [6.07, 6.45) is 2.17. The molecule has 1 aliphatic rings. The molecule has 0 spiro atoms. The number of nitrogens with two attached hydrogens (primary N) is 1. The fourth-order valence-electron chi connectivity index (χ4n) is 1.15. The van der Waals surface area contributed by atoms with Crippen molar-refractivity contribution in [3.05, 3.63) is 0 Å². The van der Waals surface area contributed by atoms with Crippen molar-refractivity contribution < 1.29 is 4.79 Å². The van der Waals surface area contributed by atoms with Crippen molar-refractivity contribution in [2.45, 2.75) is 51.7 Å². The molecule has 0 bridgehead atoms. The van der Waals surface area contributed by atoms with Crippen molar-refractivity contribution in [1.82, 2.24) is 10.6 Å². The molecule has 1 fully saturated rings. The van der Waals surface area contributed by atoms with Crippen molar-refractivity contribution in [1.29, 1.82) is 0 Å². The van der Waals surface area contributed by atoms with Crippen LogP contribution in [0.2, 0.25) is 0 Å². The van der Waals surface area contributed by atoms with Crippen LogP contribution in [0.5, 0.6) is 0 Å². The second-order valence-corrected chi connectivity index (χ2v) is 4.27. The number of carbonyl (C=O) groups is 1. The summed E-state index contributed by atoms with van der Waals surface area (Å²) >= 11 is 0. The van der Waals surface area contributed by atoms with E-state index in [1.165, 1.54) is 0 Å². The Morgan fingerprint density at radius 2 is 2.00 bits per heavy atom. The van der Waals surface area contributed by atoms with Gasteiger partial charge in [0.05, 0.1) is 0 Å². The monoisotopic (exact) mass is 212 g/mol. The van der Waals surface area contributed by atoms with Gasteiger partial charge in [0.1, 0.15) is 6.04 Å². The number of guanidine groups is 1. The van der Waals surface area contributed by atoms with Gasteiger partial charge < -0.3 is 16.4 Å². The fraction of sp³-hybridized carbons (Fsp3) is 0.800. The summed E-state index contributed by atoms with van der Waals surface area (Å²) < 4.78 is 0. The molecule has 0 aromatic rings. The van der Waals surface area contributed by atoms with E-state index in [0.29, 0.717) is 12.0 Å². The normalized spacial score (nSPS) is 18.8. The van der Waals surface area contributed by atoms with E-state index >= 15 is 0 Å². The third kappa shape index (κ3) is 4.67. The van der Waals surface area contributed by atoms with Crippen LogP contribution in [0.25, 0.3) is 0 Å². The SMILES string of the molecule is CC(C)NC(N)=NC(C)C(=O)NC1CC1. The second kappa shape index (κ2) is 5.00. The number of carbonyl (C=O) groups excluding carboxylic acids is 1. The first-order valence-electron chi connectivity index (χ1n) is 5.39. The molecule has 1 saturated carbocycles. The lowest BCUT2D eigenvalue weighted by molar-refractivity contribution is -0.122. The molecule has 0 aliphatic heterocycles. The molecule has 1 aliphatic carbocycles. The van der Waals surface area contributed by atoms with Gasteiger partial charge in [-0.15, -0.1) is 0 Å². The van der Waals surface area contributed by atoms with Gasteiger partial charge in [0.2, 0.25) is 5.91 Å². The summed E-state index contributed by atoms with van der Waals surface area (Å²) in [6, 6.07) is 0.179. The van der Waals surface area contributed by atoms with E-state index in [2.05, 4.69) is 15.6 Å². The third-order valence-electron chi connectivity index (χ3n) is 2.07. The number of nitrogens with one attached hydrogen (secondary N) is 2. The third-order valence-corrected chi connectivity index (χ3v) is 2.07. The largest absolute Gasteiger partial charge is 0.370 e. The quantitative estimate of drug-likeness (QED) is 0.452. The molecule has 1 rings (SSSR count). The highest BCUT2D eigenvalue weighted by atomic mass is 16.2. The Morgan fingerprint density at radius 3 is 2.47 bits per heavy atom. The van der Waals surface area contributed by atoms with Crippen LogP contribution in [0, 0.1) is 0 Å². The van der Waals surface area contributed by atoms with Crippen molar-refractivity contribution >= 4 is 11.9 Å². The summed E-state index contributed by atoms with van der Waals surface area (Å²) in [5.41, 5.74) is 5.62. The predicted octanol–water partition coefficient (Wildman–Crippen LogP) is -0.0338. The number of nitrogens with zero attached hydrogens (tertiary/aromatic N) is 1. The van der Waals surface area contributed by atoms with Crippen LogP contribution in [0.3, 0.4) is 0 Å². The standard InChI is InChI=1S/C10H20N4O/c1-6(2)12-10(11)13-7(3)9(15)14-8-4-5-8/h6-8H,4-5H2,1-3H3,(H,14,15)(H3,11,12,13). The van der Waals surface area contributed by atoms with Crippen LogP contribution < -0.4 is 16.4 Å². The summed E-state index contributed by atoms with van der Waals surface area (Å²) in [5, 5.41) is 5.83. The van der Waals surface area contributed by atoms with Crippen LogP contribution in [-0.4, -0.2) is 30.0 Å². The average Bonchev–Trinajstić information content (AvgIpc) is 2.86. The molecule has 1 unspecified atom stereocenters. The van der Waals surface area contributed by atoms with Gasteiger partial charge in [-0.1, -0.05) is 0 Å². The van der Waals surface area contributed by atoms with Crippen LogP contribution in [0.15, 0.2) is 4.99 Å². The maximum absolute atomic E-state index is 11.5. The van der Waals surface area contributed by atoms with Crippen molar-refractivity contribution in [2.24, 2.45) is 10.7 Å². The Labute approximate surface area is 90.5 Å². The van der Waals surface area contributed by atoms with Gasteiger partial charge in [-0.2, -0.15) is 0 Å². The van der Waals surface area contributed by atoms with E-state index in [0.717, 1.165) is 12.8 Å². The maximum atomic E-state index is 11.5. The van der Waals surface area contributed by atoms with Gasteiger partial charge in [0.25, 0.3) is 0 Å². The molecule has 1 amide bonds. The average molecular weight is 212 g/mol. The zero-order valence-electron chi connectivity index (χ0n) is 9.58. The molecule has 86 valence electrons. The first kappa shape index (κ1) is 11.8. The van der Waals surface area contributed by atoms with Gasteiger partial charge >= 0.3 is 0 Å². The summed E-state index contributed by atoms with van der Waals surface area (Å²) in [6.45, 7) is 5.68. The molecular formula is C10H20N4O. The van der Waals surface area contributed by atoms with E-state index in [1.807, 2.05) is 13.8 Å². The van der Waals surface area contributed by atoms with Crippen LogP contribution >= 0.6 is 0 Å². The summed E-state index contributed by atoms with van der Waals surface area (Å²) in [5.74, 6) is 0.273. The Bertz CT molecular complexity index is 258. The molecule has 0 aromatic carbocycles. The van der Waals surface area contributed by atoms with Gasteiger partial charge in [0.15, 0.2) is 5.96 Å². The maximum Gasteiger partial charge on any atom is 0.244 e. The zero-order chi connectivity index (χ0) is 11.4. The molecule has 15 heavy (non-hydrogen) atoms. The second-order valence-electron chi connectivity index (χ2n) is 4.27. The highest BCUT2D eigenvalue weighted by molar-refractivity contribution is 5.86. The molecule has 5 heteroatoms. The van der Waals surface area contributed by atoms with Gasteiger partial charge in [-0.05, 0) is 33.6 Å². The van der Waals surface area contributed by atoms with E-state index in [9.17, 15) is 4.79 Å². The highest BCUT2D eigenvalue weighted by Gasteiger charge is 2.25. The fourth-order valence-corrected chi connectivity index (χ4v) is 1.15. The lowest BCUT2D eigenvalue weighted by Gasteiger charge is -2.12. The van der Waals surface area contributed by atoms with Crippen molar-refractivity contribution in [3.63, 3.8) is 0 Å². The zero-order valence-corrected chi connectivity index (χ0v) is 9.58. The number of hydrogen-bond donors (Lipinski definition) is 3. The Balaban J connectivity index is 2.37. The van der Waals surface area contributed by atoms with Gasteiger partial charge in [-0.25, -0.2) is 4.99 Å². The van der Waals surface area contributed by atoms with Crippen molar-refractivity contribution in [2.75, 3.05) is 0 Å². The van der Waals surface area contributed by atoms with Crippen LogP contribution in [-0.2, 0) is 4.79 Å². The molecule has 1 atom stereocenters. The van der Waals surface area contributed by atoms with E-state index in [4.69, 9.17) is 5.73 Å². The summed E-state index contributed by atoms with van der Waals surface area (Å²) in [4.78, 5) is 15.6. The lowest BCUT2D eigenvalue weighted by atomic mass is 10.3. The molecule has 5 nitrogen and oxygen atoms in total. The number of amides is 1. The van der Waals surface area contributed by atoms with Crippen LogP contribution in [0.1, 0.15) is 33.6 Å². The van der Waals surface area contributed by atoms with E-state index in [-0.39, 0.29) is 11.9 Å². The van der Waals surface area contributed by atoms with Crippen molar-refractivity contribution in [3.8, 4) is 0 Å². The van der Waals surface area contributed by atoms with Crippen LogP contribution in [0.4, 0.5) is 0 Å². The van der Waals surface area contributed by atoms with Gasteiger partial charge in [-0.3, -0.25) is 4.79 Å². The molecule has 0 heterocycles. The van der Waals surface area contributed by atoms with Gasteiger partial charge in [0, 0.05) is 12.1 Å². The molecular weight excluding hydrogens is 192 g/mol. The molecule has 0 aromatic heterocycles. The van der Waals surface area contributed by atoms with E-state index < -0.39 is 6.04 Å². The minimum absolute atomic E-state index is 0.0500. The number of rotatable bonds is 4. The minimum atomic E-state index is -0.420. The Morgan fingerprint density at radius 1 is 1.40 bits per heavy atom. The first-order chi connectivity index (χ1) is 6.99. The Kier molecular flexibility index (Phi) is 3.94. The predicted molar refractivity (Wildman–Crippen MR) is 60.5 cm³/mol. The lowest BCUT2D eigenvalue weighted by Crippen LogP contribution is -2.40. The molecule has 0 saturated heterocycles. The summed E-state index contributed by atoms with van der Waals surface area (Å²) in [7, 11) is 0. The topological polar surface area (TPSA) is 79.5 Å². The Hall–Kier alpha value is -1.26. The smallest absolute Gasteiger partial charge is 0.244 e. The molecule has 4 N–H and O–H groups in total. The minimum Gasteiger partial charge on any atom is -0.370 e. The first-order valence-corrected chi connectivity index (χ1v) is 5.39. The molecule has 0 radical (unpaired) electrons. The highest BCUT2D eigenvalue weighted by Crippen LogP contribution is 2.18. The number of aliphatic imine (C=N–C) groups is 1. The number of hydrogen-bond acceptors (Lipinski definition) is 2. The van der Waals surface area contributed by atoms with E-state index in [1.54, 1.807) is 6.92 Å².